The zero-order valence-corrected chi connectivity index (χ0v) is 10.3. The summed E-state index contributed by atoms with van der Waals surface area (Å²) < 4.78 is 0. The highest BCUT2D eigenvalue weighted by Crippen LogP contribution is 2.08. The molecule has 0 bridgehead atoms. The van der Waals surface area contributed by atoms with Crippen LogP contribution in [0.2, 0.25) is 0 Å². The molecule has 91 valence electrons. The third-order valence-electron chi connectivity index (χ3n) is 2.50. The third-order valence-corrected chi connectivity index (χ3v) is 2.50. The number of hydrogen-bond acceptors (Lipinski definition) is 2. The van der Waals surface area contributed by atoms with Crippen molar-refractivity contribution in [1.29, 1.82) is 0 Å². The molecule has 0 aliphatic rings. The summed E-state index contributed by atoms with van der Waals surface area (Å²) in [5.41, 5.74) is 0. The van der Waals surface area contributed by atoms with Crippen LogP contribution in [-0.4, -0.2) is 12.1 Å². The molecule has 2 heteroatoms. The number of carbonyl (C=O) groups is 1. The van der Waals surface area contributed by atoms with Crippen LogP contribution in [-0.2, 0) is 9.59 Å². The van der Waals surface area contributed by atoms with Crippen LogP contribution in [0, 0.1) is 0 Å². The van der Waals surface area contributed by atoms with Crippen LogP contribution < -0.4 is 0 Å². The number of Topliss-reactive ketones (excluding diaryl/α,β-unsaturated/α-hetero) is 1. The molecule has 0 aromatic rings. The fraction of sp³-hybridized carbons (Fsp3) is 0.714. The van der Waals surface area contributed by atoms with Crippen LogP contribution in [0.15, 0.2) is 12.2 Å². The molecule has 0 aliphatic heterocycles. The van der Waals surface area contributed by atoms with Crippen molar-refractivity contribution >= 4 is 12.1 Å². The van der Waals surface area contributed by atoms with E-state index in [0.29, 0.717) is 6.42 Å². The predicted octanol–water partition coefficient (Wildman–Crippen LogP) is 3.75. The number of hydrogen-bond donors (Lipinski definition) is 0. The van der Waals surface area contributed by atoms with E-state index in [-0.39, 0.29) is 12.2 Å². The standard InChI is InChI=1S/C14H23O2/c1-2-3-4-5-6-7-8-9-10-11-14(16)12-13-15/h3-4H,2,5-12H2,1H3. The summed E-state index contributed by atoms with van der Waals surface area (Å²) >= 11 is 0. The zero-order chi connectivity index (χ0) is 12.1. The summed E-state index contributed by atoms with van der Waals surface area (Å²) in [6.45, 7) is 2.14. The van der Waals surface area contributed by atoms with Gasteiger partial charge >= 0.3 is 0 Å². The van der Waals surface area contributed by atoms with Crippen LogP contribution in [0.5, 0.6) is 0 Å². The summed E-state index contributed by atoms with van der Waals surface area (Å²) in [5.74, 6) is 0.0286. The van der Waals surface area contributed by atoms with Gasteiger partial charge in [-0.15, -0.1) is 0 Å². The average molecular weight is 223 g/mol. The van der Waals surface area contributed by atoms with Gasteiger partial charge in [-0.05, 0) is 25.7 Å². The summed E-state index contributed by atoms with van der Waals surface area (Å²) in [5, 5.41) is 0. The van der Waals surface area contributed by atoms with Gasteiger partial charge in [-0.1, -0.05) is 38.3 Å². The molecule has 0 amide bonds. The Labute approximate surface area is 99.1 Å². The molecule has 1 radical (unpaired) electrons. The fourth-order valence-electron chi connectivity index (χ4n) is 1.57. The predicted molar refractivity (Wildman–Crippen MR) is 67.1 cm³/mol. The monoisotopic (exact) mass is 223 g/mol. The largest absolute Gasteiger partial charge is 0.299 e. The Morgan fingerprint density at radius 3 is 2.44 bits per heavy atom. The Hall–Kier alpha value is -0.920. The van der Waals surface area contributed by atoms with E-state index in [0.717, 1.165) is 19.3 Å². The molecule has 0 saturated carbocycles. The molecule has 0 unspecified atom stereocenters. The van der Waals surface area contributed by atoms with Gasteiger partial charge in [-0.2, -0.15) is 0 Å². The molecule has 2 nitrogen and oxygen atoms in total. The first-order valence-corrected chi connectivity index (χ1v) is 6.33. The topological polar surface area (TPSA) is 34.1 Å². The summed E-state index contributed by atoms with van der Waals surface area (Å²) in [6.07, 6.45) is 14.6. The summed E-state index contributed by atoms with van der Waals surface area (Å²) in [4.78, 5) is 20.9. The first-order valence-electron chi connectivity index (χ1n) is 6.33. The number of allylic oxidation sites excluding steroid dienone is 2. The molecule has 0 rings (SSSR count). The lowest BCUT2D eigenvalue weighted by molar-refractivity contribution is -0.118. The maximum absolute atomic E-state index is 11.0. The molecule has 0 heterocycles. The van der Waals surface area contributed by atoms with Crippen molar-refractivity contribution in [3.63, 3.8) is 0 Å². The lowest BCUT2D eigenvalue weighted by atomic mass is 10.1. The van der Waals surface area contributed by atoms with Crippen molar-refractivity contribution in [1.82, 2.24) is 0 Å². The van der Waals surface area contributed by atoms with Crippen LogP contribution in [0.3, 0.4) is 0 Å². The van der Waals surface area contributed by atoms with Crippen molar-refractivity contribution in [3.05, 3.63) is 12.2 Å². The average Bonchev–Trinajstić information content (AvgIpc) is 2.27. The second kappa shape index (κ2) is 12.2. The maximum atomic E-state index is 11.0. The van der Waals surface area contributed by atoms with Crippen molar-refractivity contribution in [2.75, 3.05) is 0 Å². The van der Waals surface area contributed by atoms with Crippen LogP contribution >= 0.6 is 0 Å². The minimum Gasteiger partial charge on any atom is -0.299 e. The zero-order valence-electron chi connectivity index (χ0n) is 10.3. The van der Waals surface area contributed by atoms with Gasteiger partial charge in [-0.25, -0.2) is 0 Å². The number of carbonyl (C=O) groups excluding carboxylic acids is 2. The van der Waals surface area contributed by atoms with Crippen LogP contribution in [0.1, 0.15) is 64.7 Å². The van der Waals surface area contributed by atoms with E-state index in [2.05, 4.69) is 19.1 Å². The molecule has 0 aromatic carbocycles. The molecular weight excluding hydrogens is 200 g/mol. The lowest BCUT2D eigenvalue weighted by Crippen LogP contribution is -1.97. The molecule has 0 saturated heterocycles. The molecule has 0 N–H and O–H groups in total. The normalized spacial score (nSPS) is 10.8. The lowest BCUT2D eigenvalue weighted by Gasteiger charge is -1.99. The van der Waals surface area contributed by atoms with Crippen LogP contribution in [0.25, 0.3) is 0 Å². The van der Waals surface area contributed by atoms with E-state index in [1.165, 1.54) is 25.7 Å². The van der Waals surface area contributed by atoms with Gasteiger partial charge in [0.15, 0.2) is 0 Å². The fourth-order valence-corrected chi connectivity index (χ4v) is 1.57. The van der Waals surface area contributed by atoms with E-state index < -0.39 is 0 Å². The van der Waals surface area contributed by atoms with E-state index in [9.17, 15) is 9.59 Å². The van der Waals surface area contributed by atoms with Crippen LogP contribution in [0.4, 0.5) is 0 Å². The highest BCUT2D eigenvalue weighted by molar-refractivity contribution is 5.89. The molecule has 0 spiro atoms. The smallest absolute Gasteiger partial charge is 0.206 e. The number of rotatable bonds is 11. The second-order valence-electron chi connectivity index (χ2n) is 4.05. The van der Waals surface area contributed by atoms with Crippen molar-refractivity contribution in [2.45, 2.75) is 64.7 Å². The van der Waals surface area contributed by atoms with Gasteiger partial charge in [-0.3, -0.25) is 9.59 Å². The van der Waals surface area contributed by atoms with E-state index in [1.54, 1.807) is 6.29 Å². The SMILES string of the molecule is CCC=CCCCCCCCC(=O)C[C]=O. The number of unbranched alkanes of at least 4 members (excludes halogenated alkanes) is 5. The highest BCUT2D eigenvalue weighted by Gasteiger charge is 2.00. The molecule has 0 atom stereocenters. The maximum Gasteiger partial charge on any atom is 0.206 e. The first kappa shape index (κ1) is 15.1. The Bertz CT molecular complexity index is 207. The molecule has 0 aromatic heterocycles. The second-order valence-corrected chi connectivity index (χ2v) is 4.05. The van der Waals surface area contributed by atoms with Gasteiger partial charge in [0.2, 0.25) is 6.29 Å². The number of ketones is 1. The quantitative estimate of drug-likeness (QED) is 0.304. The van der Waals surface area contributed by atoms with E-state index in [1.807, 2.05) is 0 Å². The van der Waals surface area contributed by atoms with Crippen molar-refractivity contribution in [3.8, 4) is 0 Å². The Balaban J connectivity index is 3.12. The Morgan fingerprint density at radius 1 is 1.06 bits per heavy atom. The Kier molecular flexibility index (Phi) is 11.5. The van der Waals surface area contributed by atoms with Crippen molar-refractivity contribution < 1.29 is 9.59 Å². The van der Waals surface area contributed by atoms with E-state index in [4.69, 9.17) is 0 Å². The summed E-state index contributed by atoms with van der Waals surface area (Å²) in [6, 6.07) is 0. The summed E-state index contributed by atoms with van der Waals surface area (Å²) in [7, 11) is 0. The molecular formula is C14H23O2. The van der Waals surface area contributed by atoms with Gasteiger partial charge in [0, 0.05) is 6.42 Å². The van der Waals surface area contributed by atoms with Crippen molar-refractivity contribution in [2.24, 2.45) is 0 Å². The third kappa shape index (κ3) is 11.2. The molecule has 16 heavy (non-hydrogen) atoms. The first-order chi connectivity index (χ1) is 7.81. The molecule has 0 fully saturated rings. The van der Waals surface area contributed by atoms with Gasteiger partial charge < -0.3 is 0 Å². The highest BCUT2D eigenvalue weighted by atomic mass is 16.1. The van der Waals surface area contributed by atoms with Gasteiger partial charge in [0.05, 0.1) is 6.42 Å². The van der Waals surface area contributed by atoms with E-state index >= 15 is 0 Å². The van der Waals surface area contributed by atoms with Gasteiger partial charge in [0.1, 0.15) is 5.78 Å². The van der Waals surface area contributed by atoms with Gasteiger partial charge in [0.25, 0.3) is 0 Å². The Morgan fingerprint density at radius 2 is 1.75 bits per heavy atom. The minimum atomic E-state index is -0.0260. The minimum absolute atomic E-state index is 0.0260. The molecule has 0 aliphatic carbocycles.